The summed E-state index contributed by atoms with van der Waals surface area (Å²) in [6.07, 6.45) is 4.88. The Bertz CT molecular complexity index is 514. The van der Waals surface area contributed by atoms with E-state index in [2.05, 4.69) is 5.32 Å². The number of carbonyl (C=O) groups is 1. The van der Waals surface area contributed by atoms with Gasteiger partial charge < -0.3 is 15.8 Å². The van der Waals surface area contributed by atoms with Crippen LogP contribution in [0.4, 0.5) is 0 Å². The van der Waals surface area contributed by atoms with Crippen molar-refractivity contribution >= 4 is 18.3 Å². The maximum Gasteiger partial charge on any atom is 0.251 e. The first-order valence-corrected chi connectivity index (χ1v) is 7.91. The van der Waals surface area contributed by atoms with E-state index < -0.39 is 0 Å². The van der Waals surface area contributed by atoms with Crippen molar-refractivity contribution in [1.82, 2.24) is 5.32 Å². The second-order valence-electron chi connectivity index (χ2n) is 6.19. The summed E-state index contributed by atoms with van der Waals surface area (Å²) < 4.78 is 5.82. The summed E-state index contributed by atoms with van der Waals surface area (Å²) in [6, 6.07) is 7.80. The van der Waals surface area contributed by atoms with Gasteiger partial charge in [0.15, 0.2) is 0 Å². The van der Waals surface area contributed by atoms with Gasteiger partial charge in [0.2, 0.25) is 0 Å². The van der Waals surface area contributed by atoms with Crippen LogP contribution in [0.25, 0.3) is 0 Å². The van der Waals surface area contributed by atoms with E-state index in [1.165, 1.54) is 19.3 Å². The first-order valence-electron chi connectivity index (χ1n) is 7.91. The molecule has 5 heteroatoms. The van der Waals surface area contributed by atoms with Crippen molar-refractivity contribution in [1.29, 1.82) is 0 Å². The van der Waals surface area contributed by atoms with Crippen LogP contribution in [0.15, 0.2) is 24.3 Å². The number of hydrogen-bond donors (Lipinski definition) is 2. The molecule has 2 unspecified atom stereocenters. The molecule has 0 aromatic heterocycles. The fourth-order valence-corrected chi connectivity index (χ4v) is 3.67. The Morgan fingerprint density at radius 3 is 2.55 bits per heavy atom. The lowest BCUT2D eigenvalue weighted by molar-refractivity contribution is -0.169. The van der Waals surface area contributed by atoms with Gasteiger partial charge in [-0.05, 0) is 43.9 Å². The van der Waals surface area contributed by atoms with Crippen molar-refractivity contribution in [3.8, 4) is 0 Å². The predicted octanol–water partition coefficient (Wildman–Crippen LogP) is 2.64. The number of rotatable bonds is 5. The van der Waals surface area contributed by atoms with Gasteiger partial charge in [0.05, 0.1) is 6.10 Å². The Morgan fingerprint density at radius 2 is 2.05 bits per heavy atom. The third-order valence-corrected chi connectivity index (χ3v) is 5.19. The van der Waals surface area contributed by atoms with Crippen molar-refractivity contribution < 1.29 is 9.53 Å². The third kappa shape index (κ3) is 2.87. The summed E-state index contributed by atoms with van der Waals surface area (Å²) in [6.45, 7) is 3.30. The molecule has 1 amide bonds. The number of benzene rings is 1. The van der Waals surface area contributed by atoms with Crippen molar-refractivity contribution in [2.45, 2.75) is 51.3 Å². The average Bonchev–Trinajstić information content (AvgIpc) is 2.44. The summed E-state index contributed by atoms with van der Waals surface area (Å²) >= 11 is 0. The Balaban J connectivity index is 0.00000176. The molecule has 22 heavy (non-hydrogen) atoms. The molecule has 2 aliphatic rings. The molecule has 0 heterocycles. The number of hydrogen-bond acceptors (Lipinski definition) is 3. The van der Waals surface area contributed by atoms with E-state index >= 15 is 0 Å². The zero-order valence-electron chi connectivity index (χ0n) is 13.0. The van der Waals surface area contributed by atoms with Crippen LogP contribution in [-0.2, 0) is 11.3 Å². The maximum atomic E-state index is 12.4. The fraction of sp³-hybridized carbons (Fsp3) is 0.588. The molecule has 0 aliphatic heterocycles. The van der Waals surface area contributed by atoms with Crippen molar-refractivity contribution in [3.63, 3.8) is 0 Å². The first kappa shape index (κ1) is 17.3. The molecule has 3 rings (SSSR count). The zero-order valence-corrected chi connectivity index (χ0v) is 13.8. The van der Waals surface area contributed by atoms with E-state index in [9.17, 15) is 4.79 Å². The molecular formula is C17H25ClN2O2. The van der Waals surface area contributed by atoms with Crippen LogP contribution in [0.5, 0.6) is 0 Å². The van der Waals surface area contributed by atoms with Crippen LogP contribution in [0, 0.1) is 5.41 Å². The van der Waals surface area contributed by atoms with Crippen LogP contribution in [0.3, 0.4) is 0 Å². The molecule has 122 valence electrons. The number of halogens is 1. The van der Waals surface area contributed by atoms with Crippen LogP contribution < -0.4 is 11.1 Å². The van der Waals surface area contributed by atoms with Gasteiger partial charge in [-0.15, -0.1) is 12.4 Å². The van der Waals surface area contributed by atoms with Crippen molar-refractivity contribution in [2.24, 2.45) is 11.1 Å². The Labute approximate surface area is 138 Å². The van der Waals surface area contributed by atoms with E-state index in [-0.39, 0.29) is 29.8 Å². The maximum absolute atomic E-state index is 12.4. The van der Waals surface area contributed by atoms with Crippen molar-refractivity contribution in [2.75, 3.05) is 6.61 Å². The quantitative estimate of drug-likeness (QED) is 0.875. The van der Waals surface area contributed by atoms with Crippen LogP contribution in [-0.4, -0.2) is 24.7 Å². The van der Waals surface area contributed by atoms with Crippen LogP contribution in [0.2, 0.25) is 0 Å². The highest BCUT2D eigenvalue weighted by molar-refractivity contribution is 5.94. The fourth-order valence-electron chi connectivity index (χ4n) is 3.67. The minimum absolute atomic E-state index is 0. The van der Waals surface area contributed by atoms with Gasteiger partial charge in [-0.25, -0.2) is 0 Å². The van der Waals surface area contributed by atoms with E-state index in [1.54, 1.807) is 0 Å². The lowest BCUT2D eigenvalue weighted by Gasteiger charge is -2.61. The summed E-state index contributed by atoms with van der Waals surface area (Å²) in [4.78, 5) is 12.4. The molecule has 0 bridgehead atoms. The molecule has 2 saturated carbocycles. The molecule has 1 spiro atoms. The number of amides is 1. The van der Waals surface area contributed by atoms with E-state index in [0.717, 1.165) is 18.6 Å². The summed E-state index contributed by atoms with van der Waals surface area (Å²) in [5.74, 6) is 0.0183. The highest BCUT2D eigenvalue weighted by Crippen LogP contribution is 2.57. The monoisotopic (exact) mass is 324 g/mol. The number of nitrogens with two attached hydrogens (primary N) is 1. The molecule has 1 aromatic carbocycles. The third-order valence-electron chi connectivity index (χ3n) is 5.19. The molecule has 3 N–H and O–H groups in total. The largest absolute Gasteiger partial charge is 0.378 e. The highest BCUT2D eigenvalue weighted by Gasteiger charge is 2.59. The summed E-state index contributed by atoms with van der Waals surface area (Å²) in [5.41, 5.74) is 7.54. The highest BCUT2D eigenvalue weighted by atomic mass is 35.5. The minimum Gasteiger partial charge on any atom is -0.378 e. The van der Waals surface area contributed by atoms with Crippen molar-refractivity contribution in [3.05, 3.63) is 35.4 Å². The normalized spacial score (nSPS) is 24.8. The number of nitrogens with one attached hydrogen (secondary N) is 1. The Hall–Kier alpha value is -1.10. The molecule has 0 radical (unpaired) electrons. The first-order chi connectivity index (χ1) is 10.2. The predicted molar refractivity (Wildman–Crippen MR) is 89.2 cm³/mol. The minimum atomic E-state index is 0. The van der Waals surface area contributed by atoms with Gasteiger partial charge in [0, 0.05) is 30.2 Å². The molecule has 2 fully saturated rings. The van der Waals surface area contributed by atoms with E-state index in [4.69, 9.17) is 10.5 Å². The average molecular weight is 325 g/mol. The van der Waals surface area contributed by atoms with Gasteiger partial charge in [-0.3, -0.25) is 4.79 Å². The smallest absolute Gasteiger partial charge is 0.251 e. The molecular weight excluding hydrogens is 300 g/mol. The van der Waals surface area contributed by atoms with E-state index in [0.29, 0.717) is 18.2 Å². The second kappa shape index (κ2) is 6.99. The number of ether oxygens (including phenoxy) is 1. The van der Waals surface area contributed by atoms with Gasteiger partial charge in [-0.1, -0.05) is 18.6 Å². The Kier molecular flexibility index (Phi) is 5.48. The molecule has 0 saturated heterocycles. The second-order valence-corrected chi connectivity index (χ2v) is 6.19. The van der Waals surface area contributed by atoms with Gasteiger partial charge in [0.1, 0.15) is 0 Å². The van der Waals surface area contributed by atoms with Gasteiger partial charge in [-0.2, -0.15) is 0 Å². The lowest BCUT2D eigenvalue weighted by atomic mass is 9.51. The standard InChI is InChI=1S/C17H24N2O2.ClH/c1-2-21-15-10-14(17(15)8-3-9-17)19-16(20)13-6-4-12(11-18)5-7-13;/h4-7,14-15H,2-3,8-11,18H2,1H3,(H,19,20);1H. The topological polar surface area (TPSA) is 64.3 Å². The number of carbonyl (C=O) groups excluding carboxylic acids is 1. The van der Waals surface area contributed by atoms with Gasteiger partial charge in [0.25, 0.3) is 5.91 Å². The zero-order chi connectivity index (χ0) is 14.9. The summed E-state index contributed by atoms with van der Waals surface area (Å²) in [7, 11) is 0. The summed E-state index contributed by atoms with van der Waals surface area (Å²) in [5, 5.41) is 3.20. The van der Waals surface area contributed by atoms with Crippen LogP contribution >= 0.6 is 12.4 Å². The SMILES string of the molecule is CCOC1CC(NC(=O)c2ccc(CN)cc2)C12CCC2.Cl. The van der Waals surface area contributed by atoms with E-state index in [1.807, 2.05) is 31.2 Å². The molecule has 1 aromatic rings. The lowest BCUT2D eigenvalue weighted by Crippen LogP contribution is -2.67. The molecule has 2 atom stereocenters. The Morgan fingerprint density at radius 1 is 1.36 bits per heavy atom. The van der Waals surface area contributed by atoms with Crippen LogP contribution in [0.1, 0.15) is 48.5 Å². The molecule has 2 aliphatic carbocycles. The molecule has 4 nitrogen and oxygen atoms in total. The van der Waals surface area contributed by atoms with Gasteiger partial charge >= 0.3 is 0 Å².